The van der Waals surface area contributed by atoms with E-state index in [0.717, 1.165) is 12.0 Å². The molecule has 2 N–H and O–H groups in total. The molecule has 0 radical (unpaired) electrons. The summed E-state index contributed by atoms with van der Waals surface area (Å²) >= 11 is 0. The summed E-state index contributed by atoms with van der Waals surface area (Å²) in [4.78, 5) is 27.7. The molecule has 1 aliphatic heterocycles. The molecule has 1 fully saturated rings. The Kier molecular flexibility index (Phi) is 4.74. The molecule has 2 heterocycles. The minimum Gasteiger partial charge on any atom is -0.439 e. The lowest BCUT2D eigenvalue weighted by atomic mass is 10.0. The zero-order valence-electron chi connectivity index (χ0n) is 13.4. The van der Waals surface area contributed by atoms with E-state index >= 15 is 0 Å². The number of hydrogen-bond donors (Lipinski definition) is 2. The van der Waals surface area contributed by atoms with Crippen molar-refractivity contribution in [2.75, 3.05) is 5.32 Å². The third kappa shape index (κ3) is 4.10. The number of carbonyl (C=O) groups excluding carboxylic acids is 2. The van der Waals surface area contributed by atoms with Gasteiger partial charge in [0.05, 0.1) is 0 Å². The molecular formula is C18H19N3O3. The third-order valence-corrected chi connectivity index (χ3v) is 3.78. The fourth-order valence-electron chi connectivity index (χ4n) is 2.47. The maximum Gasteiger partial charge on any atom is 0.246 e. The number of aromatic nitrogens is 1. The highest BCUT2D eigenvalue weighted by molar-refractivity contribution is 5.97. The molecule has 0 bridgehead atoms. The molecule has 1 atom stereocenters. The molecule has 1 aromatic carbocycles. The van der Waals surface area contributed by atoms with Crippen LogP contribution in [0.1, 0.15) is 24.8 Å². The van der Waals surface area contributed by atoms with E-state index in [4.69, 9.17) is 4.74 Å². The van der Waals surface area contributed by atoms with E-state index in [-0.39, 0.29) is 11.8 Å². The van der Waals surface area contributed by atoms with Gasteiger partial charge in [0.25, 0.3) is 0 Å². The van der Waals surface area contributed by atoms with Crippen LogP contribution >= 0.6 is 0 Å². The van der Waals surface area contributed by atoms with Crippen LogP contribution in [0.15, 0.2) is 42.6 Å². The predicted molar refractivity (Wildman–Crippen MR) is 89.9 cm³/mol. The van der Waals surface area contributed by atoms with Crippen molar-refractivity contribution in [3.63, 3.8) is 0 Å². The van der Waals surface area contributed by atoms with Crippen LogP contribution in [0.25, 0.3) is 0 Å². The average Bonchev–Trinajstić information content (AvgIpc) is 2.59. The van der Waals surface area contributed by atoms with Gasteiger partial charge in [-0.05, 0) is 49.6 Å². The first-order valence-corrected chi connectivity index (χ1v) is 7.91. The zero-order chi connectivity index (χ0) is 16.9. The Hall–Kier alpha value is -2.89. The molecule has 124 valence electrons. The summed E-state index contributed by atoms with van der Waals surface area (Å²) in [7, 11) is 0. The van der Waals surface area contributed by atoms with Gasteiger partial charge in [0.15, 0.2) is 0 Å². The summed E-state index contributed by atoms with van der Waals surface area (Å²) < 4.78 is 5.64. The topological polar surface area (TPSA) is 80.3 Å². The van der Waals surface area contributed by atoms with E-state index in [0.29, 0.717) is 30.2 Å². The van der Waals surface area contributed by atoms with E-state index in [1.165, 1.54) is 0 Å². The Labute approximate surface area is 140 Å². The molecule has 6 nitrogen and oxygen atoms in total. The molecular weight excluding hydrogens is 306 g/mol. The van der Waals surface area contributed by atoms with Gasteiger partial charge in [0.1, 0.15) is 11.8 Å². The van der Waals surface area contributed by atoms with Crippen LogP contribution in [0.5, 0.6) is 11.6 Å². The molecule has 1 aromatic heterocycles. The summed E-state index contributed by atoms with van der Waals surface area (Å²) in [6, 6.07) is 10.3. The van der Waals surface area contributed by atoms with Crippen LogP contribution in [-0.2, 0) is 9.59 Å². The number of piperidine rings is 1. The van der Waals surface area contributed by atoms with Crippen molar-refractivity contribution in [1.29, 1.82) is 0 Å². The van der Waals surface area contributed by atoms with Crippen molar-refractivity contribution >= 4 is 17.5 Å². The lowest BCUT2D eigenvalue weighted by Gasteiger charge is -2.22. The van der Waals surface area contributed by atoms with Crippen molar-refractivity contribution in [2.45, 2.75) is 32.2 Å². The molecule has 2 aromatic rings. The highest BCUT2D eigenvalue weighted by Gasteiger charge is 2.24. The van der Waals surface area contributed by atoms with Crippen LogP contribution in [-0.4, -0.2) is 22.8 Å². The standard InChI is InChI=1S/C18H19N3O3/c1-12-5-10-17(19-11-12)24-14-8-6-13(7-9-14)20-18(23)15-3-2-4-16(22)21-15/h5-11,15H,2-4H2,1H3,(H,20,23)(H,21,22)/t15-/m1/s1. The van der Waals surface area contributed by atoms with Gasteiger partial charge in [-0.2, -0.15) is 0 Å². The van der Waals surface area contributed by atoms with E-state index < -0.39 is 6.04 Å². The SMILES string of the molecule is Cc1ccc(Oc2ccc(NC(=O)[C@H]3CCCC(=O)N3)cc2)nc1. The molecule has 1 aliphatic rings. The second-order valence-corrected chi connectivity index (χ2v) is 5.80. The van der Waals surface area contributed by atoms with Crippen molar-refractivity contribution in [3.05, 3.63) is 48.2 Å². The maximum absolute atomic E-state index is 12.2. The molecule has 0 saturated carbocycles. The highest BCUT2D eigenvalue weighted by atomic mass is 16.5. The number of amides is 2. The lowest BCUT2D eigenvalue weighted by molar-refractivity contribution is -0.128. The van der Waals surface area contributed by atoms with Crippen molar-refractivity contribution in [1.82, 2.24) is 10.3 Å². The number of hydrogen-bond acceptors (Lipinski definition) is 4. The smallest absolute Gasteiger partial charge is 0.246 e. The Balaban J connectivity index is 1.58. The van der Waals surface area contributed by atoms with Gasteiger partial charge in [0, 0.05) is 24.4 Å². The van der Waals surface area contributed by atoms with Gasteiger partial charge in [-0.25, -0.2) is 4.98 Å². The Morgan fingerprint density at radius 2 is 2.04 bits per heavy atom. The Bertz CT molecular complexity index is 726. The third-order valence-electron chi connectivity index (χ3n) is 3.78. The number of carbonyl (C=O) groups is 2. The van der Waals surface area contributed by atoms with E-state index in [1.54, 1.807) is 36.5 Å². The minimum atomic E-state index is -0.459. The second-order valence-electron chi connectivity index (χ2n) is 5.80. The fraction of sp³-hybridized carbons (Fsp3) is 0.278. The molecule has 0 unspecified atom stereocenters. The van der Waals surface area contributed by atoms with Crippen molar-refractivity contribution in [3.8, 4) is 11.6 Å². The molecule has 0 spiro atoms. The summed E-state index contributed by atoms with van der Waals surface area (Å²) in [6.07, 6.45) is 3.63. The molecule has 3 rings (SSSR count). The predicted octanol–water partition coefficient (Wildman–Crippen LogP) is 2.79. The van der Waals surface area contributed by atoms with Crippen LogP contribution in [0.2, 0.25) is 0 Å². The van der Waals surface area contributed by atoms with Crippen molar-refractivity contribution in [2.24, 2.45) is 0 Å². The second kappa shape index (κ2) is 7.12. The number of anilines is 1. The van der Waals surface area contributed by atoms with Gasteiger partial charge in [-0.1, -0.05) is 6.07 Å². The largest absolute Gasteiger partial charge is 0.439 e. The highest BCUT2D eigenvalue weighted by Crippen LogP contribution is 2.22. The zero-order valence-corrected chi connectivity index (χ0v) is 13.4. The van der Waals surface area contributed by atoms with Crippen LogP contribution in [0.4, 0.5) is 5.69 Å². The van der Waals surface area contributed by atoms with Crippen LogP contribution < -0.4 is 15.4 Å². The normalized spacial score (nSPS) is 17.0. The van der Waals surface area contributed by atoms with Crippen molar-refractivity contribution < 1.29 is 14.3 Å². The van der Waals surface area contributed by atoms with Gasteiger partial charge >= 0.3 is 0 Å². The first-order valence-electron chi connectivity index (χ1n) is 7.91. The van der Waals surface area contributed by atoms with Gasteiger partial charge in [0.2, 0.25) is 17.7 Å². The number of nitrogens with zero attached hydrogens (tertiary/aromatic N) is 1. The number of nitrogens with one attached hydrogen (secondary N) is 2. The van der Waals surface area contributed by atoms with Crippen LogP contribution in [0, 0.1) is 6.92 Å². The monoisotopic (exact) mass is 325 g/mol. The van der Waals surface area contributed by atoms with E-state index in [9.17, 15) is 9.59 Å². The molecule has 24 heavy (non-hydrogen) atoms. The lowest BCUT2D eigenvalue weighted by Crippen LogP contribution is -2.46. The molecule has 1 saturated heterocycles. The number of pyridine rings is 1. The average molecular weight is 325 g/mol. The van der Waals surface area contributed by atoms with Crippen LogP contribution in [0.3, 0.4) is 0 Å². The molecule has 6 heteroatoms. The maximum atomic E-state index is 12.2. The first kappa shape index (κ1) is 16.0. The summed E-state index contributed by atoms with van der Waals surface area (Å²) in [5, 5.41) is 5.51. The molecule has 2 amide bonds. The fourth-order valence-corrected chi connectivity index (χ4v) is 2.47. The Morgan fingerprint density at radius 1 is 1.25 bits per heavy atom. The summed E-state index contributed by atoms with van der Waals surface area (Å²) in [5.41, 5.74) is 1.72. The number of rotatable bonds is 4. The number of aryl methyl sites for hydroxylation is 1. The van der Waals surface area contributed by atoms with Gasteiger partial charge in [-0.3, -0.25) is 9.59 Å². The Morgan fingerprint density at radius 3 is 2.71 bits per heavy atom. The van der Waals surface area contributed by atoms with Gasteiger partial charge in [-0.15, -0.1) is 0 Å². The first-order chi connectivity index (χ1) is 11.6. The minimum absolute atomic E-state index is 0.0734. The number of ether oxygens (including phenoxy) is 1. The van der Waals surface area contributed by atoms with E-state index in [2.05, 4.69) is 15.6 Å². The number of benzene rings is 1. The quantitative estimate of drug-likeness (QED) is 0.906. The molecule has 0 aliphatic carbocycles. The van der Waals surface area contributed by atoms with E-state index in [1.807, 2.05) is 13.0 Å². The van der Waals surface area contributed by atoms with Gasteiger partial charge < -0.3 is 15.4 Å². The summed E-state index contributed by atoms with van der Waals surface area (Å²) in [6.45, 7) is 1.96. The summed E-state index contributed by atoms with van der Waals surface area (Å²) in [5.74, 6) is 0.880.